The molecule has 0 fully saturated rings. The van der Waals surface area contributed by atoms with Crippen LogP contribution in [0.5, 0.6) is 40.2 Å². The molecule has 0 aliphatic rings. The summed E-state index contributed by atoms with van der Waals surface area (Å²) in [5, 5.41) is 1.10. The summed E-state index contributed by atoms with van der Waals surface area (Å²) in [5.74, 6) is 10.1. The lowest BCUT2D eigenvalue weighted by Gasteiger charge is -2.23. The van der Waals surface area contributed by atoms with Crippen molar-refractivity contribution in [1.82, 2.24) is 0 Å². The Morgan fingerprint density at radius 2 is 1.06 bits per heavy atom. The van der Waals surface area contributed by atoms with Crippen LogP contribution < -0.4 is 34.8 Å². The minimum absolute atomic E-state index is 0.356. The molecule has 0 amide bonds. The third-order valence-corrected chi connectivity index (χ3v) is 4.69. The van der Waals surface area contributed by atoms with Gasteiger partial charge >= 0.3 is 0 Å². The molecule has 4 rings (SSSR count). The molecule has 0 aliphatic heterocycles. The highest BCUT2D eigenvalue weighted by molar-refractivity contribution is 5.61. The summed E-state index contributed by atoms with van der Waals surface area (Å²) >= 11 is 0. The lowest BCUT2D eigenvalue weighted by atomic mass is 10.2. The third kappa shape index (κ3) is 5.47. The fraction of sp³-hybridized carbons (Fsp3) is 0.0769. The van der Waals surface area contributed by atoms with Crippen molar-refractivity contribution in [2.24, 2.45) is 5.84 Å². The molecule has 0 heterocycles. The maximum atomic E-state index is 6.34. The van der Waals surface area contributed by atoms with Gasteiger partial charge in [0.25, 0.3) is 0 Å². The molecule has 0 spiro atoms. The molecule has 0 unspecified atom stereocenters. The van der Waals surface area contributed by atoms with Gasteiger partial charge in [-0.15, -0.1) is 5.17 Å². The van der Waals surface area contributed by atoms with Crippen LogP contribution in [0.4, 0.5) is 5.69 Å². The normalized spacial score (nSPS) is 10.3. The van der Waals surface area contributed by atoms with E-state index in [9.17, 15) is 0 Å². The van der Waals surface area contributed by atoms with Gasteiger partial charge in [0.2, 0.25) is 5.75 Å². The van der Waals surface area contributed by atoms with Crippen LogP contribution in [0, 0.1) is 0 Å². The van der Waals surface area contributed by atoms with E-state index in [0.717, 1.165) is 5.17 Å². The second-order valence-electron chi connectivity index (χ2n) is 6.89. The van der Waals surface area contributed by atoms with Crippen molar-refractivity contribution in [3.05, 3.63) is 97.1 Å². The van der Waals surface area contributed by atoms with E-state index in [1.807, 2.05) is 60.7 Å². The van der Waals surface area contributed by atoms with Gasteiger partial charge in [-0.25, -0.2) is 5.84 Å². The Balaban J connectivity index is 1.65. The minimum atomic E-state index is 0.356. The van der Waals surface area contributed by atoms with E-state index in [-0.39, 0.29) is 0 Å². The zero-order chi connectivity index (χ0) is 23.0. The van der Waals surface area contributed by atoms with E-state index < -0.39 is 0 Å². The first-order chi connectivity index (χ1) is 16.2. The maximum Gasteiger partial charge on any atom is 0.203 e. The van der Waals surface area contributed by atoms with E-state index in [2.05, 4.69) is 0 Å². The monoisotopic (exact) mass is 444 g/mol. The Morgan fingerprint density at radius 1 is 0.545 bits per heavy atom. The van der Waals surface area contributed by atoms with E-state index >= 15 is 0 Å². The molecule has 2 N–H and O–H groups in total. The first-order valence-corrected chi connectivity index (χ1v) is 10.2. The summed E-state index contributed by atoms with van der Waals surface area (Å²) in [5.41, 5.74) is 0.451. The van der Waals surface area contributed by atoms with Gasteiger partial charge in [0.05, 0.1) is 14.2 Å². The first kappa shape index (κ1) is 21.9. The number of para-hydroxylation sites is 2. The number of methoxy groups -OCH3 is 2. The van der Waals surface area contributed by atoms with Crippen molar-refractivity contribution in [3.63, 3.8) is 0 Å². The Bertz CT molecular complexity index is 1190. The summed E-state index contributed by atoms with van der Waals surface area (Å²) in [7, 11) is 3.15. The van der Waals surface area contributed by atoms with Gasteiger partial charge in [0.15, 0.2) is 11.5 Å². The summed E-state index contributed by atoms with van der Waals surface area (Å²) in [6.07, 6.45) is 0. The average molecular weight is 444 g/mol. The third-order valence-electron chi connectivity index (χ3n) is 4.69. The largest absolute Gasteiger partial charge is 0.497 e. The number of nitrogens with zero attached hydrogens (tertiary/aromatic N) is 1. The molecule has 0 aromatic heterocycles. The van der Waals surface area contributed by atoms with E-state index in [4.69, 9.17) is 29.6 Å². The highest BCUT2D eigenvalue weighted by Crippen LogP contribution is 2.38. The van der Waals surface area contributed by atoms with Crippen molar-refractivity contribution in [2.75, 3.05) is 19.4 Å². The number of benzene rings is 4. The predicted molar refractivity (Wildman–Crippen MR) is 126 cm³/mol. The molecule has 0 saturated carbocycles. The van der Waals surface area contributed by atoms with Crippen LogP contribution in [0.2, 0.25) is 0 Å². The van der Waals surface area contributed by atoms with Crippen LogP contribution in [0.15, 0.2) is 97.1 Å². The molecule has 168 valence electrons. The number of anilines is 1. The molecule has 0 radical (unpaired) electrons. The van der Waals surface area contributed by atoms with Crippen LogP contribution in [0.1, 0.15) is 0 Å². The minimum Gasteiger partial charge on any atom is -0.497 e. The van der Waals surface area contributed by atoms with Crippen LogP contribution in [0.25, 0.3) is 0 Å². The van der Waals surface area contributed by atoms with Gasteiger partial charge in [0, 0.05) is 12.1 Å². The Kier molecular flexibility index (Phi) is 6.82. The second kappa shape index (κ2) is 10.3. The number of ether oxygens (including phenoxy) is 4. The van der Waals surface area contributed by atoms with Gasteiger partial charge in [-0.3, -0.25) is 0 Å². The average Bonchev–Trinajstić information content (AvgIpc) is 2.86. The van der Waals surface area contributed by atoms with Crippen LogP contribution in [-0.2, 0) is 0 Å². The molecule has 0 aliphatic carbocycles. The molecule has 4 aromatic carbocycles. The fourth-order valence-corrected chi connectivity index (χ4v) is 3.04. The summed E-state index contributed by atoms with van der Waals surface area (Å²) < 4.78 is 22.7. The molecule has 7 nitrogen and oxygen atoms in total. The summed E-state index contributed by atoms with van der Waals surface area (Å²) in [6, 6.07) is 29.3. The highest BCUT2D eigenvalue weighted by atomic mass is 16.7. The Morgan fingerprint density at radius 3 is 1.64 bits per heavy atom. The zero-order valence-corrected chi connectivity index (χ0v) is 18.3. The van der Waals surface area contributed by atoms with E-state index in [0.29, 0.717) is 45.9 Å². The van der Waals surface area contributed by atoms with E-state index in [1.165, 1.54) is 0 Å². The van der Waals surface area contributed by atoms with Gasteiger partial charge < -0.3 is 23.8 Å². The van der Waals surface area contributed by atoms with Crippen LogP contribution >= 0.6 is 0 Å². The molecular weight excluding hydrogens is 420 g/mol. The molecule has 0 atom stereocenters. The topological polar surface area (TPSA) is 75.4 Å². The SMILES string of the molecule is COc1ccc(Oc2ccccc2)c(ON(N)c2cc(OC)ccc2Oc2ccccc2)c1. The number of hydrogen-bond donors (Lipinski definition) is 1. The fourth-order valence-electron chi connectivity index (χ4n) is 3.04. The van der Waals surface area contributed by atoms with Crippen molar-refractivity contribution >= 4 is 5.69 Å². The van der Waals surface area contributed by atoms with Gasteiger partial charge in [0.1, 0.15) is 28.7 Å². The van der Waals surface area contributed by atoms with Gasteiger partial charge in [-0.2, -0.15) is 0 Å². The van der Waals surface area contributed by atoms with E-state index in [1.54, 1.807) is 50.6 Å². The zero-order valence-electron chi connectivity index (χ0n) is 18.3. The van der Waals surface area contributed by atoms with Crippen LogP contribution in [0.3, 0.4) is 0 Å². The number of hydrogen-bond acceptors (Lipinski definition) is 7. The Labute approximate surface area is 192 Å². The second-order valence-corrected chi connectivity index (χ2v) is 6.89. The summed E-state index contributed by atoms with van der Waals surface area (Å²) in [6.45, 7) is 0. The standard InChI is InChI=1S/C26H24N2O5/c1-29-21-13-15-24(31-19-9-5-3-6-10-19)23(17-21)28(27)33-26-18-22(30-2)14-16-25(26)32-20-11-7-4-8-12-20/h3-18H,27H2,1-2H3. The predicted octanol–water partition coefficient (Wildman–Crippen LogP) is 5.96. The highest BCUT2D eigenvalue weighted by Gasteiger charge is 2.17. The molecule has 7 heteroatoms. The molecular formula is C26H24N2O5. The van der Waals surface area contributed by atoms with Crippen molar-refractivity contribution < 1.29 is 23.8 Å². The molecule has 0 bridgehead atoms. The number of rotatable bonds is 9. The van der Waals surface area contributed by atoms with Gasteiger partial charge in [-0.1, -0.05) is 36.4 Å². The molecule has 4 aromatic rings. The number of nitrogens with two attached hydrogens (primary N) is 1. The first-order valence-electron chi connectivity index (χ1n) is 10.2. The quantitative estimate of drug-likeness (QED) is 0.252. The lowest BCUT2D eigenvalue weighted by molar-refractivity contribution is 0.265. The maximum absolute atomic E-state index is 6.34. The smallest absolute Gasteiger partial charge is 0.203 e. The lowest BCUT2D eigenvalue weighted by Crippen LogP contribution is -2.34. The molecule has 33 heavy (non-hydrogen) atoms. The summed E-state index contributed by atoms with van der Waals surface area (Å²) in [4.78, 5) is 5.99. The van der Waals surface area contributed by atoms with Crippen molar-refractivity contribution in [2.45, 2.75) is 0 Å². The van der Waals surface area contributed by atoms with Crippen molar-refractivity contribution in [1.29, 1.82) is 0 Å². The Hall–Kier alpha value is -4.36. The van der Waals surface area contributed by atoms with Crippen LogP contribution in [-0.4, -0.2) is 14.2 Å². The van der Waals surface area contributed by atoms with Crippen molar-refractivity contribution in [3.8, 4) is 40.2 Å². The molecule has 0 saturated heterocycles. The van der Waals surface area contributed by atoms with Gasteiger partial charge in [-0.05, 0) is 48.5 Å². The number of hydrazine groups is 1.